The van der Waals surface area contributed by atoms with E-state index in [1.165, 1.54) is 38.5 Å². The molecule has 0 amide bonds. The highest BCUT2D eigenvalue weighted by Gasteiger charge is 2.24. The fraction of sp³-hybridized carbons (Fsp3) is 1.00. The van der Waals surface area contributed by atoms with E-state index in [1.54, 1.807) is 11.4 Å². The van der Waals surface area contributed by atoms with Crippen LogP contribution in [0.15, 0.2) is 0 Å². The highest BCUT2D eigenvalue weighted by atomic mass is 32.9. The van der Waals surface area contributed by atoms with Gasteiger partial charge >= 0.3 is 0 Å². The summed E-state index contributed by atoms with van der Waals surface area (Å²) in [6.07, 6.45) is 9.74. The monoisotopic (exact) mass is 439 g/mol. The zero-order valence-corrected chi connectivity index (χ0v) is 21.5. The van der Waals surface area contributed by atoms with E-state index in [9.17, 15) is 0 Å². The van der Waals surface area contributed by atoms with Gasteiger partial charge in [0.1, 0.15) is 0 Å². The van der Waals surface area contributed by atoms with Crippen molar-refractivity contribution in [1.29, 1.82) is 0 Å². The van der Waals surface area contributed by atoms with Crippen LogP contribution < -0.4 is 5.32 Å². The van der Waals surface area contributed by atoms with Crippen LogP contribution in [0, 0.1) is 11.8 Å². The van der Waals surface area contributed by atoms with E-state index in [0.29, 0.717) is 11.8 Å². The molecule has 0 aromatic carbocycles. The average molecular weight is 440 g/mol. The summed E-state index contributed by atoms with van der Waals surface area (Å²) in [5, 5.41) is 3.51. The van der Waals surface area contributed by atoms with Crippen LogP contribution in [0.4, 0.5) is 0 Å². The second-order valence-electron chi connectivity index (χ2n) is 8.57. The normalized spacial score (nSPS) is 16.9. The standard InChI is InChI=1S/C21H46NO2PS2/c1-8-12-14-19(10-3)16-23-25(26,27-18-22-21(5,6)7)24-17-20(11-4)15-13-9-2/h19-20,22H,8-18H2,1-7H3. The Balaban J connectivity index is 4.78. The molecule has 0 radical (unpaired) electrons. The third-order valence-electron chi connectivity index (χ3n) is 4.85. The smallest absolute Gasteiger partial charge is 0.248 e. The zero-order chi connectivity index (χ0) is 20.8. The van der Waals surface area contributed by atoms with Crippen LogP contribution in [-0.4, -0.2) is 24.6 Å². The van der Waals surface area contributed by atoms with E-state index in [1.807, 2.05) is 0 Å². The highest BCUT2D eigenvalue weighted by molar-refractivity contribution is 8.67. The van der Waals surface area contributed by atoms with Gasteiger partial charge in [0, 0.05) is 5.54 Å². The predicted molar refractivity (Wildman–Crippen MR) is 128 cm³/mol. The summed E-state index contributed by atoms with van der Waals surface area (Å²) < 4.78 is 12.6. The lowest BCUT2D eigenvalue weighted by atomic mass is 10.0. The Bertz CT molecular complexity index is 378. The SMILES string of the molecule is CCCCC(CC)COP(=S)(OCC(CC)CCCC)SCNC(C)(C)C. The van der Waals surface area contributed by atoms with Gasteiger partial charge in [-0.3, -0.25) is 0 Å². The summed E-state index contributed by atoms with van der Waals surface area (Å²) in [5.41, 5.74) is -2.24. The zero-order valence-electron chi connectivity index (χ0n) is 19.0. The summed E-state index contributed by atoms with van der Waals surface area (Å²) in [5.74, 6) is 1.96. The van der Waals surface area contributed by atoms with E-state index in [4.69, 9.17) is 20.9 Å². The molecule has 0 saturated carbocycles. The van der Waals surface area contributed by atoms with E-state index in [-0.39, 0.29) is 5.54 Å². The average Bonchev–Trinajstić information content (AvgIpc) is 2.61. The van der Waals surface area contributed by atoms with Crippen LogP contribution in [0.2, 0.25) is 0 Å². The molecule has 0 saturated heterocycles. The van der Waals surface area contributed by atoms with Crippen molar-refractivity contribution in [1.82, 2.24) is 5.32 Å². The lowest BCUT2D eigenvalue weighted by Crippen LogP contribution is -2.35. The van der Waals surface area contributed by atoms with Crippen LogP contribution >= 0.6 is 17.1 Å². The summed E-state index contributed by atoms with van der Waals surface area (Å²) in [6.45, 7) is 17.0. The van der Waals surface area contributed by atoms with Crippen molar-refractivity contribution in [3.63, 3.8) is 0 Å². The fourth-order valence-electron chi connectivity index (χ4n) is 2.63. The molecule has 2 atom stereocenters. The summed E-state index contributed by atoms with van der Waals surface area (Å²) in [4.78, 5) is 0. The van der Waals surface area contributed by atoms with Gasteiger partial charge in [0.25, 0.3) is 0 Å². The molecule has 0 aliphatic rings. The van der Waals surface area contributed by atoms with Crippen LogP contribution in [0.25, 0.3) is 0 Å². The Kier molecular flexibility index (Phi) is 16.2. The van der Waals surface area contributed by atoms with Crippen molar-refractivity contribution < 1.29 is 9.05 Å². The lowest BCUT2D eigenvalue weighted by molar-refractivity contribution is 0.188. The maximum Gasteiger partial charge on any atom is 0.248 e. The lowest BCUT2D eigenvalue weighted by Gasteiger charge is -2.28. The topological polar surface area (TPSA) is 30.5 Å². The minimum Gasteiger partial charge on any atom is -0.321 e. The van der Waals surface area contributed by atoms with E-state index < -0.39 is 5.69 Å². The summed E-state index contributed by atoms with van der Waals surface area (Å²) in [7, 11) is 0. The first-order chi connectivity index (χ1) is 12.7. The molecule has 0 aromatic heterocycles. The maximum atomic E-state index is 6.32. The molecule has 0 heterocycles. The number of rotatable bonds is 17. The number of hydrogen-bond donors (Lipinski definition) is 1. The number of unbranched alkanes of at least 4 members (excludes halogenated alkanes) is 2. The van der Waals surface area contributed by atoms with Crippen molar-refractivity contribution in [2.24, 2.45) is 11.8 Å². The molecule has 6 heteroatoms. The van der Waals surface area contributed by atoms with Crippen LogP contribution in [0.1, 0.15) is 99.8 Å². The minimum absolute atomic E-state index is 0.0767. The van der Waals surface area contributed by atoms with E-state index in [2.05, 4.69) is 53.8 Å². The third-order valence-corrected chi connectivity index (χ3v) is 9.92. The molecule has 0 rings (SSSR count). The van der Waals surface area contributed by atoms with E-state index >= 15 is 0 Å². The maximum absolute atomic E-state index is 6.32. The van der Waals surface area contributed by atoms with Crippen molar-refractivity contribution in [2.75, 3.05) is 19.1 Å². The summed E-state index contributed by atoms with van der Waals surface area (Å²) >= 11 is 7.61. The van der Waals surface area contributed by atoms with Gasteiger partial charge in [-0.15, -0.1) is 0 Å². The van der Waals surface area contributed by atoms with Gasteiger partial charge in [-0.05, 0) is 57.3 Å². The molecule has 0 bridgehead atoms. The van der Waals surface area contributed by atoms with Gasteiger partial charge in [0.15, 0.2) is 0 Å². The molecule has 0 fully saturated rings. The van der Waals surface area contributed by atoms with Crippen molar-refractivity contribution >= 4 is 28.9 Å². The predicted octanol–water partition coefficient (Wildman–Crippen LogP) is 7.76. The van der Waals surface area contributed by atoms with Crippen molar-refractivity contribution in [3.8, 4) is 0 Å². The van der Waals surface area contributed by atoms with Gasteiger partial charge in [-0.2, -0.15) is 0 Å². The first kappa shape index (κ1) is 27.9. The van der Waals surface area contributed by atoms with Gasteiger partial charge in [0.05, 0.1) is 19.1 Å². The number of nitrogens with one attached hydrogen (secondary N) is 1. The summed E-state index contributed by atoms with van der Waals surface area (Å²) in [6, 6.07) is 0. The second kappa shape index (κ2) is 15.7. The largest absolute Gasteiger partial charge is 0.321 e. The van der Waals surface area contributed by atoms with Crippen LogP contribution in [-0.2, 0) is 20.9 Å². The molecule has 164 valence electrons. The fourth-order valence-corrected chi connectivity index (χ4v) is 6.62. The van der Waals surface area contributed by atoms with Gasteiger partial charge in [-0.25, -0.2) is 0 Å². The van der Waals surface area contributed by atoms with Crippen LogP contribution in [0.5, 0.6) is 0 Å². The first-order valence-electron chi connectivity index (χ1n) is 11.0. The Hall–Kier alpha value is 0.880. The second-order valence-corrected chi connectivity index (χ2v) is 14.9. The third kappa shape index (κ3) is 15.4. The molecule has 0 aliphatic carbocycles. The van der Waals surface area contributed by atoms with Crippen LogP contribution in [0.3, 0.4) is 0 Å². The van der Waals surface area contributed by atoms with Gasteiger partial charge in [0.2, 0.25) is 5.69 Å². The van der Waals surface area contributed by atoms with Crippen molar-refractivity contribution in [2.45, 2.75) is 105 Å². The highest BCUT2D eigenvalue weighted by Crippen LogP contribution is 2.61. The molecular weight excluding hydrogens is 393 g/mol. The Morgan fingerprint density at radius 2 is 1.33 bits per heavy atom. The molecule has 3 nitrogen and oxygen atoms in total. The molecule has 1 N–H and O–H groups in total. The minimum atomic E-state index is -2.32. The number of hydrogen-bond acceptors (Lipinski definition) is 5. The Morgan fingerprint density at radius 1 is 0.889 bits per heavy atom. The molecule has 0 spiro atoms. The Labute approximate surface area is 179 Å². The molecule has 2 unspecified atom stereocenters. The first-order valence-corrected chi connectivity index (χ1v) is 15.2. The Morgan fingerprint density at radius 3 is 1.67 bits per heavy atom. The quantitative estimate of drug-likeness (QED) is 0.185. The van der Waals surface area contributed by atoms with E-state index in [0.717, 1.165) is 31.9 Å². The molecule has 27 heavy (non-hydrogen) atoms. The molecule has 0 aromatic rings. The molecular formula is C21H46NO2PS2. The van der Waals surface area contributed by atoms with Crippen molar-refractivity contribution in [3.05, 3.63) is 0 Å². The van der Waals surface area contributed by atoms with Gasteiger partial charge < -0.3 is 14.4 Å². The van der Waals surface area contributed by atoms with Gasteiger partial charge in [-0.1, -0.05) is 77.6 Å². The molecule has 0 aliphatic heterocycles.